The fourth-order valence-electron chi connectivity index (χ4n) is 5.21. The number of carbonyl (C=O) groups is 2. The Morgan fingerprint density at radius 2 is 1.62 bits per heavy atom. The number of ether oxygens (including phenoxy) is 1. The molecule has 1 fully saturated rings. The lowest BCUT2D eigenvalue weighted by molar-refractivity contribution is -0.138. The molecule has 3 aromatic rings. The second-order valence-electron chi connectivity index (χ2n) is 10.5. The summed E-state index contributed by atoms with van der Waals surface area (Å²) in [6, 6.07) is 24.6. The van der Waals surface area contributed by atoms with Gasteiger partial charge in [0.05, 0.1) is 12.0 Å². The van der Waals surface area contributed by atoms with Gasteiger partial charge in [0.2, 0.25) is 5.91 Å². The fraction of sp³-hybridized carbons (Fsp3) is 0.333. The van der Waals surface area contributed by atoms with Crippen molar-refractivity contribution < 1.29 is 19.4 Å². The maximum atomic E-state index is 13.7. The van der Waals surface area contributed by atoms with Crippen molar-refractivity contribution in [2.45, 2.75) is 38.5 Å². The summed E-state index contributed by atoms with van der Waals surface area (Å²) in [6.07, 6.45) is 8.63. The van der Waals surface area contributed by atoms with E-state index in [-0.39, 0.29) is 19.1 Å². The molecule has 0 radical (unpaired) electrons. The summed E-state index contributed by atoms with van der Waals surface area (Å²) in [4.78, 5) is 27.5. The average molecular weight is 527 g/mol. The zero-order valence-corrected chi connectivity index (χ0v) is 22.9. The normalized spacial score (nSPS) is 14.6. The number of aliphatic hydroxyl groups is 1. The quantitative estimate of drug-likeness (QED) is 0.247. The Kier molecular flexibility index (Phi) is 9.55. The summed E-state index contributed by atoms with van der Waals surface area (Å²) >= 11 is 0. The van der Waals surface area contributed by atoms with E-state index in [9.17, 15) is 9.59 Å². The highest BCUT2D eigenvalue weighted by atomic mass is 16.5. The third-order valence-electron chi connectivity index (χ3n) is 7.40. The first-order valence-corrected chi connectivity index (χ1v) is 13.6. The molecule has 39 heavy (non-hydrogen) atoms. The Balaban J connectivity index is 1.46. The van der Waals surface area contributed by atoms with Gasteiger partial charge in [-0.25, -0.2) is 4.79 Å². The van der Waals surface area contributed by atoms with Gasteiger partial charge in [-0.2, -0.15) is 0 Å². The van der Waals surface area contributed by atoms with Crippen LogP contribution in [0.1, 0.15) is 43.2 Å². The number of anilines is 2. The SMILES string of the molecule is CN(C)c1ccc(-c2ccc(CC3(C(=O)Nc4cccc(/C=C/C(=O)OCCO)c4)CCCCC3)cc2)cc1. The van der Waals surface area contributed by atoms with Crippen LogP contribution in [0.15, 0.2) is 78.9 Å². The van der Waals surface area contributed by atoms with Crippen molar-refractivity contribution in [3.63, 3.8) is 0 Å². The van der Waals surface area contributed by atoms with Crippen molar-refractivity contribution in [1.29, 1.82) is 0 Å². The average Bonchev–Trinajstić information content (AvgIpc) is 2.96. The minimum atomic E-state index is -0.517. The number of carbonyl (C=O) groups excluding carboxylic acids is 2. The molecule has 0 spiro atoms. The smallest absolute Gasteiger partial charge is 0.330 e. The molecular weight excluding hydrogens is 488 g/mol. The van der Waals surface area contributed by atoms with Crippen LogP contribution in [0.5, 0.6) is 0 Å². The lowest BCUT2D eigenvalue weighted by atomic mass is 9.69. The molecule has 1 aliphatic carbocycles. The zero-order chi connectivity index (χ0) is 27.7. The number of benzene rings is 3. The molecule has 204 valence electrons. The van der Waals surface area contributed by atoms with Crippen molar-refractivity contribution in [3.05, 3.63) is 90.0 Å². The minimum absolute atomic E-state index is 0.0338. The van der Waals surface area contributed by atoms with E-state index >= 15 is 0 Å². The van der Waals surface area contributed by atoms with E-state index in [1.54, 1.807) is 6.08 Å². The van der Waals surface area contributed by atoms with Crippen LogP contribution in [0.2, 0.25) is 0 Å². The summed E-state index contributed by atoms with van der Waals surface area (Å²) < 4.78 is 4.86. The molecule has 0 aliphatic heterocycles. The molecule has 0 bridgehead atoms. The van der Waals surface area contributed by atoms with E-state index in [0.29, 0.717) is 12.1 Å². The third-order valence-corrected chi connectivity index (χ3v) is 7.40. The molecule has 0 atom stereocenters. The standard InChI is InChI=1S/C33H38N2O4/c1-35(2)30-16-14-28(15-17-30)27-12-9-26(10-13-27)24-33(19-4-3-5-20-33)32(38)34-29-8-6-7-25(23-29)11-18-31(37)39-22-21-36/h6-18,23,36H,3-5,19-22,24H2,1-2H3,(H,34,38)/b18-11+. The van der Waals surface area contributed by atoms with Crippen LogP contribution in [-0.2, 0) is 20.7 Å². The van der Waals surface area contributed by atoms with Crippen molar-refractivity contribution in [3.8, 4) is 11.1 Å². The molecule has 1 aliphatic rings. The lowest BCUT2D eigenvalue weighted by Gasteiger charge is -2.36. The van der Waals surface area contributed by atoms with Gasteiger partial charge in [-0.05, 0) is 71.9 Å². The van der Waals surface area contributed by atoms with Gasteiger partial charge in [0.25, 0.3) is 0 Å². The summed E-state index contributed by atoms with van der Waals surface area (Å²) in [6.45, 7) is -0.244. The van der Waals surface area contributed by atoms with E-state index in [1.807, 2.05) is 38.4 Å². The van der Waals surface area contributed by atoms with Crippen LogP contribution >= 0.6 is 0 Å². The first kappa shape index (κ1) is 28.1. The van der Waals surface area contributed by atoms with Crippen molar-refractivity contribution in [2.75, 3.05) is 37.5 Å². The van der Waals surface area contributed by atoms with Crippen molar-refractivity contribution in [2.24, 2.45) is 5.41 Å². The van der Waals surface area contributed by atoms with Crippen LogP contribution in [0.25, 0.3) is 17.2 Å². The van der Waals surface area contributed by atoms with Crippen LogP contribution in [-0.4, -0.2) is 44.3 Å². The van der Waals surface area contributed by atoms with Gasteiger partial charge in [-0.15, -0.1) is 0 Å². The third kappa shape index (κ3) is 7.58. The van der Waals surface area contributed by atoms with Crippen molar-refractivity contribution in [1.82, 2.24) is 0 Å². The molecule has 2 N–H and O–H groups in total. The van der Waals surface area contributed by atoms with Gasteiger partial charge >= 0.3 is 5.97 Å². The van der Waals surface area contributed by atoms with E-state index < -0.39 is 11.4 Å². The molecule has 0 aromatic heterocycles. The number of nitrogens with one attached hydrogen (secondary N) is 1. The molecule has 1 saturated carbocycles. The molecule has 0 unspecified atom stereocenters. The Labute approximate surface area is 231 Å². The monoisotopic (exact) mass is 526 g/mol. The summed E-state index contributed by atoms with van der Waals surface area (Å²) in [5, 5.41) is 11.9. The molecular formula is C33H38N2O4. The van der Waals surface area contributed by atoms with E-state index in [2.05, 4.69) is 58.7 Å². The second kappa shape index (κ2) is 13.3. The Morgan fingerprint density at radius 1 is 0.949 bits per heavy atom. The molecule has 4 rings (SSSR count). The maximum absolute atomic E-state index is 13.7. The molecule has 6 heteroatoms. The number of hydrogen-bond donors (Lipinski definition) is 2. The highest BCUT2D eigenvalue weighted by Crippen LogP contribution is 2.40. The predicted molar refractivity (Wildman–Crippen MR) is 158 cm³/mol. The lowest BCUT2D eigenvalue weighted by Crippen LogP contribution is -2.40. The number of hydrogen-bond acceptors (Lipinski definition) is 5. The molecule has 0 saturated heterocycles. The number of amides is 1. The summed E-state index contributed by atoms with van der Waals surface area (Å²) in [7, 11) is 4.07. The van der Waals surface area contributed by atoms with E-state index in [0.717, 1.165) is 43.2 Å². The second-order valence-corrected chi connectivity index (χ2v) is 10.5. The predicted octanol–water partition coefficient (Wildman–Crippen LogP) is 6.10. The molecule has 0 heterocycles. The largest absolute Gasteiger partial charge is 0.460 e. The summed E-state index contributed by atoms with van der Waals surface area (Å²) in [5.74, 6) is -0.467. The van der Waals surface area contributed by atoms with Gasteiger partial charge in [-0.1, -0.05) is 67.8 Å². The molecule has 6 nitrogen and oxygen atoms in total. The first-order valence-electron chi connectivity index (χ1n) is 13.6. The Hall–Kier alpha value is -3.90. The topological polar surface area (TPSA) is 78.9 Å². The van der Waals surface area contributed by atoms with Gasteiger partial charge in [-0.3, -0.25) is 4.79 Å². The first-order chi connectivity index (χ1) is 18.9. The highest BCUT2D eigenvalue weighted by Gasteiger charge is 2.39. The van der Waals surface area contributed by atoms with E-state index in [4.69, 9.17) is 9.84 Å². The van der Waals surface area contributed by atoms with Crippen LogP contribution in [0, 0.1) is 5.41 Å². The van der Waals surface area contributed by atoms with E-state index in [1.165, 1.54) is 22.9 Å². The molecule has 1 amide bonds. The van der Waals surface area contributed by atoms with Gasteiger partial charge in [0, 0.05) is 31.5 Å². The summed E-state index contributed by atoms with van der Waals surface area (Å²) in [5.41, 5.74) is 5.70. The van der Waals surface area contributed by atoms with Gasteiger partial charge in [0.1, 0.15) is 6.61 Å². The molecule has 3 aromatic carbocycles. The van der Waals surface area contributed by atoms with Gasteiger partial charge < -0.3 is 20.1 Å². The number of aliphatic hydroxyl groups excluding tert-OH is 1. The zero-order valence-electron chi connectivity index (χ0n) is 22.9. The number of nitrogens with zero attached hydrogens (tertiary/aromatic N) is 1. The number of esters is 1. The fourth-order valence-corrected chi connectivity index (χ4v) is 5.21. The minimum Gasteiger partial charge on any atom is -0.460 e. The van der Waals surface area contributed by atoms with Crippen LogP contribution < -0.4 is 10.2 Å². The van der Waals surface area contributed by atoms with Gasteiger partial charge in [0.15, 0.2) is 0 Å². The number of rotatable bonds is 10. The van der Waals surface area contributed by atoms with Crippen LogP contribution in [0.4, 0.5) is 11.4 Å². The van der Waals surface area contributed by atoms with Crippen LogP contribution in [0.3, 0.4) is 0 Å². The highest BCUT2D eigenvalue weighted by molar-refractivity contribution is 5.96. The Morgan fingerprint density at radius 3 is 2.26 bits per heavy atom. The van der Waals surface area contributed by atoms with Crippen molar-refractivity contribution >= 4 is 29.3 Å². The Bertz CT molecular complexity index is 1270. The maximum Gasteiger partial charge on any atom is 0.330 e.